The molecule has 2 nitrogen and oxygen atoms in total. The Morgan fingerprint density at radius 3 is 1.53 bits per heavy atom. The lowest BCUT2D eigenvalue weighted by molar-refractivity contribution is 0.715. The summed E-state index contributed by atoms with van der Waals surface area (Å²) >= 11 is 0. The Kier molecular flexibility index (Phi) is 2.76. The van der Waals surface area contributed by atoms with Crippen molar-refractivity contribution in [3.05, 3.63) is 22.5 Å². The summed E-state index contributed by atoms with van der Waals surface area (Å²) in [7, 11) is 0. The fourth-order valence-corrected chi connectivity index (χ4v) is 2.47. The molecule has 1 heterocycles. The molecule has 0 bridgehead atoms. The third kappa shape index (κ3) is 1.77. The van der Waals surface area contributed by atoms with Gasteiger partial charge in [-0.3, -0.25) is 0 Å². The second kappa shape index (κ2) is 3.92. The minimum Gasteiger partial charge on any atom is -0.155 e. The van der Waals surface area contributed by atoms with Crippen LogP contribution in [0.25, 0.3) is 0 Å². The van der Waals surface area contributed by atoms with Crippen LogP contribution in [0.1, 0.15) is 68.5 Å². The third-order valence-corrected chi connectivity index (χ3v) is 3.20. The highest BCUT2D eigenvalue weighted by atomic mass is 15.1. The van der Waals surface area contributed by atoms with Crippen molar-refractivity contribution in [3.63, 3.8) is 0 Å². The molecule has 1 aliphatic carbocycles. The van der Waals surface area contributed by atoms with Crippen LogP contribution in [0.4, 0.5) is 0 Å². The van der Waals surface area contributed by atoms with Gasteiger partial charge in [0.05, 0.1) is 11.4 Å². The Morgan fingerprint density at radius 1 is 0.800 bits per heavy atom. The van der Waals surface area contributed by atoms with Gasteiger partial charge in [0.1, 0.15) is 0 Å². The third-order valence-electron chi connectivity index (χ3n) is 3.20. The molecular weight excluding hydrogens is 184 g/mol. The van der Waals surface area contributed by atoms with E-state index in [9.17, 15) is 0 Å². The van der Waals surface area contributed by atoms with Crippen molar-refractivity contribution in [2.24, 2.45) is 0 Å². The molecule has 2 rings (SSSR count). The van der Waals surface area contributed by atoms with Gasteiger partial charge in [0.15, 0.2) is 0 Å². The molecule has 0 aromatic carbocycles. The zero-order valence-electron chi connectivity index (χ0n) is 10.2. The molecule has 0 N–H and O–H groups in total. The van der Waals surface area contributed by atoms with Crippen LogP contribution in [-0.4, -0.2) is 10.2 Å². The quantitative estimate of drug-likeness (QED) is 0.739. The molecule has 0 fully saturated rings. The van der Waals surface area contributed by atoms with Gasteiger partial charge in [-0.2, -0.15) is 10.2 Å². The smallest absolute Gasteiger partial charge is 0.0691 e. The molecule has 1 aromatic heterocycles. The van der Waals surface area contributed by atoms with E-state index in [4.69, 9.17) is 0 Å². The summed E-state index contributed by atoms with van der Waals surface area (Å²) < 4.78 is 0. The molecule has 15 heavy (non-hydrogen) atoms. The summed E-state index contributed by atoms with van der Waals surface area (Å²) in [5.41, 5.74) is 5.46. The Balaban J connectivity index is 2.54. The van der Waals surface area contributed by atoms with Crippen LogP contribution in [0.2, 0.25) is 0 Å². The van der Waals surface area contributed by atoms with Gasteiger partial charge in [0.25, 0.3) is 0 Å². The molecule has 0 unspecified atom stereocenters. The van der Waals surface area contributed by atoms with Crippen LogP contribution in [0.5, 0.6) is 0 Å². The number of nitrogens with zero attached hydrogens (tertiary/aromatic N) is 2. The standard InChI is InChI=1S/C13H20N2/c1-8(2)12-10-6-5-7-11(10)13(9(3)4)15-14-12/h8-9H,5-7H2,1-4H3. The molecular formula is C13H20N2. The lowest BCUT2D eigenvalue weighted by atomic mass is 9.97. The van der Waals surface area contributed by atoms with Gasteiger partial charge in [-0.1, -0.05) is 27.7 Å². The van der Waals surface area contributed by atoms with Crippen molar-refractivity contribution >= 4 is 0 Å². The first-order valence-corrected chi connectivity index (χ1v) is 5.99. The molecule has 1 aromatic rings. The first kappa shape index (κ1) is 10.6. The maximum atomic E-state index is 4.42. The largest absolute Gasteiger partial charge is 0.155 e. The number of fused-ring (bicyclic) bond motifs is 1. The molecule has 0 saturated carbocycles. The SMILES string of the molecule is CC(C)c1nnc(C(C)C)c2c1CCC2. The van der Waals surface area contributed by atoms with Gasteiger partial charge < -0.3 is 0 Å². The van der Waals surface area contributed by atoms with Gasteiger partial charge >= 0.3 is 0 Å². The topological polar surface area (TPSA) is 25.8 Å². The molecule has 0 spiro atoms. The Hall–Kier alpha value is -0.920. The monoisotopic (exact) mass is 204 g/mol. The molecule has 0 atom stereocenters. The molecule has 0 radical (unpaired) electrons. The van der Waals surface area contributed by atoms with Crippen LogP contribution in [-0.2, 0) is 12.8 Å². The van der Waals surface area contributed by atoms with Gasteiger partial charge in [-0.15, -0.1) is 0 Å². The number of hydrogen-bond donors (Lipinski definition) is 0. The average Bonchev–Trinajstić information content (AvgIpc) is 2.63. The van der Waals surface area contributed by atoms with E-state index in [0.717, 1.165) is 0 Å². The Morgan fingerprint density at radius 2 is 1.20 bits per heavy atom. The van der Waals surface area contributed by atoms with E-state index in [0.29, 0.717) is 11.8 Å². The zero-order chi connectivity index (χ0) is 11.0. The fraction of sp³-hybridized carbons (Fsp3) is 0.692. The lowest BCUT2D eigenvalue weighted by Crippen LogP contribution is -2.08. The second-order valence-electron chi connectivity index (χ2n) is 5.09. The molecule has 82 valence electrons. The van der Waals surface area contributed by atoms with Crippen LogP contribution >= 0.6 is 0 Å². The maximum absolute atomic E-state index is 4.42. The van der Waals surface area contributed by atoms with Gasteiger partial charge in [0, 0.05) is 0 Å². The summed E-state index contributed by atoms with van der Waals surface area (Å²) in [6.07, 6.45) is 3.69. The highest BCUT2D eigenvalue weighted by Gasteiger charge is 2.23. The van der Waals surface area contributed by atoms with E-state index >= 15 is 0 Å². The van der Waals surface area contributed by atoms with E-state index in [2.05, 4.69) is 37.9 Å². The first-order valence-electron chi connectivity index (χ1n) is 5.99. The van der Waals surface area contributed by atoms with E-state index in [1.54, 1.807) is 0 Å². The van der Waals surface area contributed by atoms with Crippen molar-refractivity contribution in [2.45, 2.75) is 58.8 Å². The van der Waals surface area contributed by atoms with Gasteiger partial charge in [-0.05, 0) is 42.2 Å². The number of aromatic nitrogens is 2. The van der Waals surface area contributed by atoms with Gasteiger partial charge in [-0.25, -0.2) is 0 Å². The normalized spacial score (nSPS) is 15.1. The molecule has 0 amide bonds. The van der Waals surface area contributed by atoms with Gasteiger partial charge in [0.2, 0.25) is 0 Å². The number of hydrogen-bond acceptors (Lipinski definition) is 2. The molecule has 2 heteroatoms. The maximum Gasteiger partial charge on any atom is 0.0691 e. The zero-order valence-corrected chi connectivity index (χ0v) is 10.2. The van der Waals surface area contributed by atoms with Crippen molar-refractivity contribution in [1.29, 1.82) is 0 Å². The van der Waals surface area contributed by atoms with Crippen LogP contribution in [0.15, 0.2) is 0 Å². The molecule has 1 aliphatic rings. The van der Waals surface area contributed by atoms with E-state index < -0.39 is 0 Å². The van der Waals surface area contributed by atoms with Crippen LogP contribution < -0.4 is 0 Å². The number of rotatable bonds is 2. The summed E-state index contributed by atoms with van der Waals surface area (Å²) in [4.78, 5) is 0. The van der Waals surface area contributed by atoms with E-state index in [1.165, 1.54) is 41.8 Å². The van der Waals surface area contributed by atoms with Crippen molar-refractivity contribution < 1.29 is 0 Å². The fourth-order valence-electron chi connectivity index (χ4n) is 2.47. The summed E-state index contributed by atoms with van der Waals surface area (Å²) in [5.74, 6) is 1.01. The van der Waals surface area contributed by atoms with Crippen molar-refractivity contribution in [2.75, 3.05) is 0 Å². The average molecular weight is 204 g/mol. The Bertz CT molecular complexity index is 332. The predicted molar refractivity (Wildman–Crippen MR) is 62.2 cm³/mol. The minimum absolute atomic E-state index is 0.505. The predicted octanol–water partition coefficient (Wildman–Crippen LogP) is 3.21. The molecule has 0 aliphatic heterocycles. The highest BCUT2D eigenvalue weighted by Crippen LogP contribution is 2.32. The molecule has 0 saturated heterocycles. The van der Waals surface area contributed by atoms with Crippen LogP contribution in [0.3, 0.4) is 0 Å². The van der Waals surface area contributed by atoms with E-state index in [1.807, 2.05) is 0 Å². The summed E-state index contributed by atoms with van der Waals surface area (Å²) in [6.45, 7) is 8.82. The first-order chi connectivity index (χ1) is 7.11. The van der Waals surface area contributed by atoms with Crippen molar-refractivity contribution in [3.8, 4) is 0 Å². The second-order valence-corrected chi connectivity index (χ2v) is 5.09. The van der Waals surface area contributed by atoms with E-state index in [-0.39, 0.29) is 0 Å². The summed E-state index contributed by atoms with van der Waals surface area (Å²) in [6, 6.07) is 0. The summed E-state index contributed by atoms with van der Waals surface area (Å²) in [5, 5.41) is 8.84. The Labute approximate surface area is 92.1 Å². The van der Waals surface area contributed by atoms with Crippen LogP contribution in [0, 0.1) is 0 Å². The van der Waals surface area contributed by atoms with Crippen molar-refractivity contribution in [1.82, 2.24) is 10.2 Å². The minimum atomic E-state index is 0.505. The highest BCUT2D eigenvalue weighted by molar-refractivity contribution is 5.39. The lowest BCUT2D eigenvalue weighted by Gasteiger charge is -2.14.